The van der Waals surface area contributed by atoms with Crippen LogP contribution in [0.15, 0.2) is 35.2 Å². The highest BCUT2D eigenvalue weighted by Crippen LogP contribution is 2.13. The number of ether oxygens (including phenoxy) is 1. The predicted octanol–water partition coefficient (Wildman–Crippen LogP) is 2.65. The van der Waals surface area contributed by atoms with Gasteiger partial charge in [0.2, 0.25) is 0 Å². The van der Waals surface area contributed by atoms with Gasteiger partial charge in [-0.3, -0.25) is 14.9 Å². The summed E-state index contributed by atoms with van der Waals surface area (Å²) in [5.74, 6) is 0. The van der Waals surface area contributed by atoms with Crippen LogP contribution >= 0.6 is 11.8 Å². The molecule has 21 heavy (non-hydrogen) atoms. The summed E-state index contributed by atoms with van der Waals surface area (Å²) in [7, 11) is 0. The minimum atomic E-state index is -0.626. The monoisotopic (exact) mass is 310 g/mol. The fraction of sp³-hybridized carbons (Fsp3) is 0.231. The number of carbonyl (C=O) groups is 2. The van der Waals surface area contributed by atoms with Crippen molar-refractivity contribution in [3.8, 4) is 0 Å². The molecule has 0 saturated heterocycles. The number of nitro benzene ring substituents is 1. The average Bonchev–Trinajstić information content (AvgIpc) is 2.49. The van der Waals surface area contributed by atoms with Crippen LogP contribution in [0.4, 0.5) is 10.5 Å². The fourth-order valence-electron chi connectivity index (χ4n) is 1.35. The smallest absolute Gasteiger partial charge is 0.407 e. The lowest BCUT2D eigenvalue weighted by atomic mass is 10.2. The van der Waals surface area contributed by atoms with E-state index >= 15 is 0 Å². The lowest BCUT2D eigenvalue weighted by Crippen LogP contribution is -2.25. The molecule has 0 bridgehead atoms. The fourth-order valence-corrected chi connectivity index (χ4v) is 1.76. The zero-order valence-electron chi connectivity index (χ0n) is 11.3. The van der Waals surface area contributed by atoms with E-state index in [1.54, 1.807) is 13.0 Å². The SMILES string of the molecule is C/C=C(\CNC(=O)OCc1ccc([N+](=O)[O-])cc1)SC=O. The highest BCUT2D eigenvalue weighted by atomic mass is 32.2. The van der Waals surface area contributed by atoms with Gasteiger partial charge >= 0.3 is 6.09 Å². The van der Waals surface area contributed by atoms with E-state index in [1.165, 1.54) is 24.3 Å². The molecule has 0 heterocycles. The number of hydrogen-bond acceptors (Lipinski definition) is 6. The third kappa shape index (κ3) is 6.09. The molecule has 0 radical (unpaired) electrons. The van der Waals surface area contributed by atoms with Gasteiger partial charge in [-0.1, -0.05) is 17.8 Å². The number of rotatable bonds is 7. The molecule has 0 saturated carbocycles. The van der Waals surface area contributed by atoms with E-state index < -0.39 is 11.0 Å². The van der Waals surface area contributed by atoms with Crippen molar-refractivity contribution in [3.05, 3.63) is 50.9 Å². The van der Waals surface area contributed by atoms with E-state index in [2.05, 4.69) is 5.32 Å². The molecular formula is C13H14N2O5S. The number of benzene rings is 1. The number of hydrogen-bond donors (Lipinski definition) is 1. The van der Waals surface area contributed by atoms with Gasteiger partial charge in [-0.2, -0.15) is 0 Å². The molecule has 0 aromatic heterocycles. The first kappa shape index (κ1) is 16.7. The van der Waals surface area contributed by atoms with Gasteiger partial charge in [-0.05, 0) is 24.6 Å². The molecule has 7 nitrogen and oxygen atoms in total. The van der Waals surface area contributed by atoms with Crippen LogP contribution in [0.25, 0.3) is 0 Å². The minimum absolute atomic E-state index is 0.00975. The normalized spacial score (nSPS) is 10.8. The summed E-state index contributed by atoms with van der Waals surface area (Å²) >= 11 is 0.984. The number of thioether (sulfide) groups is 1. The quantitative estimate of drug-likeness (QED) is 0.472. The summed E-state index contributed by atoms with van der Waals surface area (Å²) in [4.78, 5) is 32.5. The maximum atomic E-state index is 11.4. The highest BCUT2D eigenvalue weighted by molar-refractivity contribution is 8.15. The maximum Gasteiger partial charge on any atom is 0.407 e. The first-order valence-corrected chi connectivity index (χ1v) is 6.84. The van der Waals surface area contributed by atoms with Gasteiger partial charge in [0.15, 0.2) is 5.62 Å². The molecule has 0 fully saturated rings. The number of nitro groups is 1. The number of carbonyl (C=O) groups excluding carboxylic acids is 2. The Morgan fingerprint density at radius 1 is 1.43 bits per heavy atom. The predicted molar refractivity (Wildman–Crippen MR) is 79.4 cm³/mol. The van der Waals surface area contributed by atoms with Crippen molar-refractivity contribution in [1.29, 1.82) is 0 Å². The first-order chi connectivity index (χ1) is 10.1. The molecule has 0 atom stereocenters. The summed E-state index contributed by atoms with van der Waals surface area (Å²) in [5, 5.41) is 13.0. The summed E-state index contributed by atoms with van der Waals surface area (Å²) in [5.41, 5.74) is 1.30. The van der Waals surface area contributed by atoms with Crippen LogP contribution in [0.3, 0.4) is 0 Å². The molecule has 0 aliphatic rings. The maximum absolute atomic E-state index is 11.4. The van der Waals surface area contributed by atoms with Gasteiger partial charge in [-0.15, -0.1) is 0 Å². The molecule has 112 valence electrons. The van der Waals surface area contributed by atoms with Crippen molar-refractivity contribution in [2.24, 2.45) is 0 Å². The van der Waals surface area contributed by atoms with Crippen molar-refractivity contribution in [2.75, 3.05) is 6.54 Å². The summed E-state index contributed by atoms with van der Waals surface area (Å²) in [6, 6.07) is 5.72. The van der Waals surface area contributed by atoms with E-state index in [1.807, 2.05) is 0 Å². The third-order valence-corrected chi connectivity index (χ3v) is 3.22. The summed E-state index contributed by atoms with van der Waals surface area (Å²) in [6.07, 6.45) is 1.09. The van der Waals surface area contributed by atoms with E-state index in [4.69, 9.17) is 4.74 Å². The second-order valence-corrected chi connectivity index (χ2v) is 4.77. The van der Waals surface area contributed by atoms with Crippen LogP contribution in [0.1, 0.15) is 12.5 Å². The van der Waals surface area contributed by atoms with Crippen LogP contribution in [-0.4, -0.2) is 23.2 Å². The number of nitrogens with zero attached hydrogens (tertiary/aromatic N) is 1. The number of allylic oxidation sites excluding steroid dienone is 1. The Kier molecular flexibility index (Phi) is 6.96. The van der Waals surface area contributed by atoms with E-state index in [0.29, 0.717) is 16.1 Å². The Balaban J connectivity index is 2.39. The Hall–Kier alpha value is -2.35. The van der Waals surface area contributed by atoms with Gasteiger partial charge in [0.05, 0.1) is 11.5 Å². The zero-order chi connectivity index (χ0) is 15.7. The number of alkyl carbamates (subject to hydrolysis) is 1. The Labute approximate surface area is 125 Å². The highest BCUT2D eigenvalue weighted by Gasteiger charge is 2.07. The Morgan fingerprint density at radius 3 is 2.62 bits per heavy atom. The molecule has 8 heteroatoms. The van der Waals surface area contributed by atoms with E-state index in [-0.39, 0.29) is 18.8 Å². The largest absolute Gasteiger partial charge is 0.445 e. The molecule has 1 N–H and O–H groups in total. The molecule has 0 aliphatic carbocycles. The van der Waals surface area contributed by atoms with Crippen LogP contribution in [0.5, 0.6) is 0 Å². The van der Waals surface area contributed by atoms with Crippen LogP contribution in [-0.2, 0) is 16.1 Å². The second-order valence-electron chi connectivity index (χ2n) is 3.82. The van der Waals surface area contributed by atoms with Gasteiger partial charge in [0.1, 0.15) is 6.61 Å². The standard InChI is InChI=1S/C13H14N2O5S/c1-2-12(21-9-16)7-14-13(17)20-8-10-3-5-11(6-4-10)15(18)19/h2-6,9H,7-8H2,1H3,(H,14,17)/b12-2+. The average molecular weight is 310 g/mol. The molecule has 0 aliphatic heterocycles. The van der Waals surface area contributed by atoms with Crippen LogP contribution in [0.2, 0.25) is 0 Å². The molecule has 1 aromatic carbocycles. The topological polar surface area (TPSA) is 98.5 Å². The number of non-ortho nitro benzene ring substituents is 1. The van der Waals surface area contributed by atoms with E-state index in [0.717, 1.165) is 11.8 Å². The van der Waals surface area contributed by atoms with Crippen LogP contribution < -0.4 is 5.32 Å². The van der Waals surface area contributed by atoms with Gasteiger partial charge in [0.25, 0.3) is 5.69 Å². The van der Waals surface area contributed by atoms with Crippen LogP contribution in [0, 0.1) is 10.1 Å². The van der Waals surface area contributed by atoms with Crippen molar-refractivity contribution in [1.82, 2.24) is 5.32 Å². The van der Waals surface area contributed by atoms with Crippen molar-refractivity contribution < 1.29 is 19.2 Å². The van der Waals surface area contributed by atoms with Crippen molar-refractivity contribution >= 4 is 29.2 Å². The first-order valence-electron chi connectivity index (χ1n) is 5.96. The third-order valence-electron chi connectivity index (χ3n) is 2.45. The molecular weight excluding hydrogens is 296 g/mol. The Morgan fingerprint density at radius 2 is 2.10 bits per heavy atom. The van der Waals surface area contributed by atoms with Gasteiger partial charge in [0, 0.05) is 17.0 Å². The number of amides is 1. The molecule has 0 unspecified atom stereocenters. The van der Waals surface area contributed by atoms with Gasteiger partial charge in [-0.25, -0.2) is 4.79 Å². The summed E-state index contributed by atoms with van der Waals surface area (Å²) in [6.45, 7) is 1.98. The second kappa shape index (κ2) is 8.75. The van der Waals surface area contributed by atoms with Gasteiger partial charge < -0.3 is 10.1 Å². The molecule has 1 aromatic rings. The van der Waals surface area contributed by atoms with E-state index in [9.17, 15) is 19.7 Å². The molecule has 1 amide bonds. The Bertz CT molecular complexity index is 542. The molecule has 0 spiro atoms. The van der Waals surface area contributed by atoms with Crippen molar-refractivity contribution in [3.63, 3.8) is 0 Å². The molecule has 1 rings (SSSR count). The minimum Gasteiger partial charge on any atom is -0.445 e. The number of nitrogens with one attached hydrogen (secondary N) is 1. The zero-order valence-corrected chi connectivity index (χ0v) is 12.1. The van der Waals surface area contributed by atoms with Crippen molar-refractivity contribution in [2.45, 2.75) is 13.5 Å². The summed E-state index contributed by atoms with van der Waals surface area (Å²) < 4.78 is 4.96. The lowest BCUT2D eigenvalue weighted by Gasteiger charge is -2.07. The lowest BCUT2D eigenvalue weighted by molar-refractivity contribution is -0.384.